The molecule has 11 heteroatoms. The summed E-state index contributed by atoms with van der Waals surface area (Å²) in [6.45, 7) is 7.83. The van der Waals surface area contributed by atoms with E-state index in [0.717, 1.165) is 36.3 Å². The monoisotopic (exact) mass is 685 g/mol. The predicted octanol–water partition coefficient (Wildman–Crippen LogP) is 7.69. The number of rotatable bonds is 9. The van der Waals surface area contributed by atoms with Crippen LogP contribution in [0.15, 0.2) is 85.1 Å². The molecule has 5 aromatic rings. The van der Waals surface area contributed by atoms with Crippen LogP contribution in [-0.2, 0) is 13.6 Å². The Balaban J connectivity index is 1.06. The fraction of sp³-hybridized carbons (Fsp3) is 0.270. The van der Waals surface area contributed by atoms with E-state index in [1.165, 1.54) is 10.5 Å². The van der Waals surface area contributed by atoms with Crippen molar-refractivity contribution in [3.05, 3.63) is 112 Å². The lowest BCUT2D eigenvalue weighted by Crippen LogP contribution is -2.48. The van der Waals surface area contributed by atoms with Crippen molar-refractivity contribution in [1.29, 1.82) is 0 Å². The number of hydrogen-bond donors (Lipinski definition) is 0. The first-order chi connectivity index (χ1) is 23.0. The van der Waals surface area contributed by atoms with Gasteiger partial charge in [-0.05, 0) is 74.0 Å². The summed E-state index contributed by atoms with van der Waals surface area (Å²) >= 11 is 12.1. The van der Waals surface area contributed by atoms with Gasteiger partial charge in [0.1, 0.15) is 17.2 Å². The van der Waals surface area contributed by atoms with Gasteiger partial charge in [-0.3, -0.25) is 14.5 Å². The third-order valence-electron chi connectivity index (χ3n) is 8.40. The van der Waals surface area contributed by atoms with Crippen molar-refractivity contribution < 1.29 is 19.1 Å². The normalized spacial score (nSPS) is 13.6. The minimum absolute atomic E-state index is 0.0165. The summed E-state index contributed by atoms with van der Waals surface area (Å²) in [5.74, 6) is 1.60. The van der Waals surface area contributed by atoms with E-state index in [1.54, 1.807) is 43.6 Å². The maximum absolute atomic E-state index is 13.6. The Hall–Kier alpha value is -4.57. The highest BCUT2D eigenvalue weighted by Gasteiger charge is 2.25. The summed E-state index contributed by atoms with van der Waals surface area (Å²) in [7, 11) is 3.56. The molecule has 248 valence electrons. The van der Waals surface area contributed by atoms with E-state index in [4.69, 9.17) is 32.7 Å². The van der Waals surface area contributed by atoms with Gasteiger partial charge in [0.25, 0.3) is 11.8 Å². The van der Waals surface area contributed by atoms with Crippen molar-refractivity contribution in [2.24, 2.45) is 7.05 Å². The third-order valence-corrected chi connectivity index (χ3v) is 9.14. The largest absolute Gasteiger partial charge is 0.491 e. The van der Waals surface area contributed by atoms with Crippen LogP contribution in [0, 0.1) is 0 Å². The number of carbonyl (C=O) groups excluding carboxylic acids is 2. The van der Waals surface area contributed by atoms with E-state index < -0.39 is 0 Å². The number of nitrogens with zero attached hydrogens (tertiary/aromatic N) is 5. The number of anilines is 1. The van der Waals surface area contributed by atoms with Crippen LogP contribution in [0.4, 0.5) is 5.69 Å². The molecule has 6 rings (SSSR count). The number of fused-ring (bicyclic) bond motifs is 1. The molecule has 0 atom stereocenters. The second-order valence-electron chi connectivity index (χ2n) is 12.1. The summed E-state index contributed by atoms with van der Waals surface area (Å²) in [5.41, 5.74) is 3.74. The van der Waals surface area contributed by atoms with E-state index in [9.17, 15) is 9.59 Å². The average molecular weight is 687 g/mol. The Morgan fingerprint density at radius 3 is 2.27 bits per heavy atom. The van der Waals surface area contributed by atoms with Gasteiger partial charge in [-0.2, -0.15) is 0 Å². The Bertz CT molecular complexity index is 1930. The fourth-order valence-corrected chi connectivity index (χ4v) is 6.04. The summed E-state index contributed by atoms with van der Waals surface area (Å²) in [6.07, 6.45) is 1.72. The van der Waals surface area contributed by atoms with Crippen LogP contribution in [0.1, 0.15) is 40.3 Å². The molecule has 1 aliphatic heterocycles. The second kappa shape index (κ2) is 14.3. The van der Waals surface area contributed by atoms with E-state index in [2.05, 4.69) is 22.0 Å². The van der Waals surface area contributed by atoms with Crippen molar-refractivity contribution in [3.8, 4) is 17.4 Å². The van der Waals surface area contributed by atoms with Gasteiger partial charge >= 0.3 is 0 Å². The molecular weight excluding hydrogens is 649 g/mol. The van der Waals surface area contributed by atoms with Gasteiger partial charge in [0.15, 0.2) is 0 Å². The molecule has 0 N–H and O–H groups in total. The van der Waals surface area contributed by atoms with E-state index in [1.807, 2.05) is 66.8 Å². The minimum Gasteiger partial charge on any atom is -0.491 e. The van der Waals surface area contributed by atoms with Crippen LogP contribution < -0.4 is 14.4 Å². The van der Waals surface area contributed by atoms with Gasteiger partial charge < -0.3 is 23.8 Å². The minimum atomic E-state index is -0.246. The number of aromatic nitrogens is 2. The lowest BCUT2D eigenvalue weighted by atomic mass is 10.2. The quantitative estimate of drug-likeness (QED) is 0.158. The number of carbonyl (C=O) groups is 2. The molecule has 2 amide bonds. The number of halogens is 2. The molecule has 9 nitrogen and oxygen atoms in total. The molecule has 0 unspecified atom stereocenters. The van der Waals surface area contributed by atoms with E-state index in [-0.39, 0.29) is 17.9 Å². The van der Waals surface area contributed by atoms with Gasteiger partial charge in [-0.15, -0.1) is 0 Å². The Kier molecular flexibility index (Phi) is 9.91. The third kappa shape index (κ3) is 7.44. The Morgan fingerprint density at radius 2 is 1.60 bits per heavy atom. The van der Waals surface area contributed by atoms with Crippen molar-refractivity contribution in [2.75, 3.05) is 38.1 Å². The molecule has 0 radical (unpaired) electrons. The van der Waals surface area contributed by atoms with Crippen LogP contribution >= 0.6 is 23.2 Å². The molecule has 1 fully saturated rings. The topological polar surface area (TPSA) is 80.1 Å². The van der Waals surface area contributed by atoms with E-state index >= 15 is 0 Å². The number of benzene rings is 3. The first-order valence-electron chi connectivity index (χ1n) is 15.8. The highest BCUT2D eigenvalue weighted by atomic mass is 35.5. The van der Waals surface area contributed by atoms with Crippen molar-refractivity contribution in [3.63, 3.8) is 0 Å². The second-order valence-corrected chi connectivity index (χ2v) is 13.0. The summed E-state index contributed by atoms with van der Waals surface area (Å²) in [5, 5.41) is 1.65. The number of piperazine rings is 1. The van der Waals surface area contributed by atoms with Crippen LogP contribution in [0.5, 0.6) is 17.4 Å². The average Bonchev–Trinajstić information content (AvgIpc) is 3.41. The highest BCUT2D eigenvalue weighted by molar-refractivity contribution is 6.42. The first-order valence-corrected chi connectivity index (χ1v) is 16.5. The number of pyridine rings is 1. The summed E-state index contributed by atoms with van der Waals surface area (Å²) < 4.78 is 13.7. The van der Waals surface area contributed by atoms with Crippen molar-refractivity contribution >= 4 is 51.6 Å². The molecule has 3 heterocycles. The zero-order chi connectivity index (χ0) is 33.9. The molecule has 1 aliphatic rings. The van der Waals surface area contributed by atoms with Crippen LogP contribution in [0.25, 0.3) is 10.9 Å². The molecule has 0 bridgehead atoms. The molecule has 2 aromatic heterocycles. The SMILES string of the molecule is CC(C)Oc1ccc(CN2CCN(C(=O)c3cc4ccc(Oc5ccc(N(C)C(=O)c6ccc(Cl)c(Cl)c6)cn5)cc4n3C)CC2)cc1. The zero-order valence-corrected chi connectivity index (χ0v) is 28.8. The molecule has 0 aliphatic carbocycles. The molecule has 48 heavy (non-hydrogen) atoms. The highest BCUT2D eigenvalue weighted by Crippen LogP contribution is 2.29. The van der Waals surface area contributed by atoms with Gasteiger partial charge in [0.2, 0.25) is 5.88 Å². The lowest BCUT2D eigenvalue weighted by Gasteiger charge is -2.34. The smallest absolute Gasteiger partial charge is 0.270 e. The maximum Gasteiger partial charge on any atom is 0.270 e. The Morgan fingerprint density at radius 1 is 0.875 bits per heavy atom. The zero-order valence-electron chi connectivity index (χ0n) is 27.3. The lowest BCUT2D eigenvalue weighted by molar-refractivity contribution is 0.0619. The standard InChI is InChI=1S/C37H37Cl2N5O4/c1-24(2)47-29-10-5-25(6-11-29)23-43-15-17-44(18-16-43)37(46)34-20-26-7-12-30(21-33(26)42(34)4)48-35-14-9-28(22-40-35)41(3)36(45)27-8-13-31(38)32(39)19-27/h5-14,19-22,24H,15-18,23H2,1-4H3. The number of aryl methyl sites for hydroxylation is 1. The number of ether oxygens (including phenoxy) is 2. The Labute approximate surface area is 290 Å². The fourth-order valence-electron chi connectivity index (χ4n) is 5.75. The van der Waals surface area contributed by atoms with Crippen molar-refractivity contribution in [1.82, 2.24) is 19.4 Å². The molecule has 0 saturated carbocycles. The van der Waals surface area contributed by atoms with Crippen LogP contribution in [-0.4, -0.2) is 70.5 Å². The first kappa shape index (κ1) is 33.3. The number of hydrogen-bond acceptors (Lipinski definition) is 6. The summed E-state index contributed by atoms with van der Waals surface area (Å²) in [4.78, 5) is 36.7. The maximum atomic E-state index is 13.6. The van der Waals surface area contributed by atoms with Crippen LogP contribution in [0.3, 0.4) is 0 Å². The van der Waals surface area contributed by atoms with E-state index in [0.29, 0.717) is 51.7 Å². The van der Waals surface area contributed by atoms with Gasteiger partial charge in [-0.1, -0.05) is 35.3 Å². The predicted molar refractivity (Wildman–Crippen MR) is 190 cm³/mol. The number of amides is 2. The molecular formula is C37H37Cl2N5O4. The molecule has 3 aromatic carbocycles. The summed E-state index contributed by atoms with van der Waals surface area (Å²) in [6, 6.07) is 24.1. The van der Waals surface area contributed by atoms with Gasteiger partial charge in [0.05, 0.1) is 33.6 Å². The van der Waals surface area contributed by atoms with Crippen molar-refractivity contribution in [2.45, 2.75) is 26.5 Å². The molecule has 1 saturated heterocycles. The van der Waals surface area contributed by atoms with Gasteiger partial charge in [0, 0.05) is 69.9 Å². The van der Waals surface area contributed by atoms with Gasteiger partial charge in [-0.25, -0.2) is 4.98 Å². The van der Waals surface area contributed by atoms with Crippen LogP contribution in [0.2, 0.25) is 10.0 Å². The molecule has 0 spiro atoms.